The molecule has 0 bridgehead atoms. The largest absolute Gasteiger partial charge is 0.504 e. The van der Waals surface area contributed by atoms with Crippen molar-refractivity contribution in [3.8, 4) is 11.5 Å². The molecule has 7 heteroatoms. The number of carbonyl (C=O) groups excluding carboxylic acids is 2. The number of benzene rings is 2. The third-order valence-corrected chi connectivity index (χ3v) is 3.61. The normalized spacial score (nSPS) is 11.0. The summed E-state index contributed by atoms with van der Waals surface area (Å²) < 4.78 is 5.03. The van der Waals surface area contributed by atoms with E-state index in [0.717, 1.165) is 11.1 Å². The lowest BCUT2D eigenvalue weighted by Gasteiger charge is -2.08. The Morgan fingerprint density at radius 3 is 2.31 bits per heavy atom. The maximum atomic E-state index is 12.0. The van der Waals surface area contributed by atoms with E-state index in [4.69, 9.17) is 4.74 Å². The molecule has 3 N–H and O–H groups in total. The molecule has 136 valence electrons. The fraction of sp³-hybridized carbons (Fsp3) is 0.211. The number of methoxy groups -OCH3 is 1. The van der Waals surface area contributed by atoms with Crippen LogP contribution in [-0.4, -0.2) is 29.7 Å². The molecule has 2 rings (SSSR count). The number of nitrogens with zero attached hydrogens (tertiary/aromatic N) is 1. The van der Waals surface area contributed by atoms with E-state index in [-0.39, 0.29) is 11.5 Å². The van der Waals surface area contributed by atoms with Gasteiger partial charge in [-0.15, -0.1) is 0 Å². The number of amides is 2. The molecule has 2 aromatic rings. The van der Waals surface area contributed by atoms with Crippen LogP contribution >= 0.6 is 0 Å². The fourth-order valence-corrected chi connectivity index (χ4v) is 2.39. The van der Waals surface area contributed by atoms with Gasteiger partial charge in [-0.05, 0) is 62.2 Å². The highest BCUT2D eigenvalue weighted by atomic mass is 16.5. The van der Waals surface area contributed by atoms with Gasteiger partial charge in [0.15, 0.2) is 11.5 Å². The van der Waals surface area contributed by atoms with Gasteiger partial charge in [0.1, 0.15) is 0 Å². The van der Waals surface area contributed by atoms with Crippen molar-refractivity contribution < 1.29 is 19.4 Å². The number of aryl methyl sites for hydroxylation is 2. The summed E-state index contributed by atoms with van der Waals surface area (Å²) in [7, 11) is 1.43. The average molecular weight is 355 g/mol. The molecule has 0 aliphatic heterocycles. The first-order chi connectivity index (χ1) is 12.3. The Kier molecular flexibility index (Phi) is 5.95. The van der Waals surface area contributed by atoms with Crippen LogP contribution in [0.5, 0.6) is 11.5 Å². The van der Waals surface area contributed by atoms with Gasteiger partial charge in [0.25, 0.3) is 0 Å². The van der Waals surface area contributed by atoms with Gasteiger partial charge >= 0.3 is 11.8 Å². The zero-order valence-corrected chi connectivity index (χ0v) is 15.1. The molecular weight excluding hydrogens is 334 g/mol. The number of hydrazone groups is 1. The summed E-state index contributed by atoms with van der Waals surface area (Å²) in [5.41, 5.74) is 5.82. The molecule has 0 aromatic heterocycles. The number of carbonyl (C=O) groups is 2. The molecule has 2 aromatic carbocycles. The van der Waals surface area contributed by atoms with E-state index >= 15 is 0 Å². The van der Waals surface area contributed by atoms with Crippen LogP contribution in [0.1, 0.15) is 23.6 Å². The lowest BCUT2D eigenvalue weighted by atomic mass is 10.1. The Morgan fingerprint density at radius 1 is 1.04 bits per heavy atom. The second-order valence-corrected chi connectivity index (χ2v) is 5.86. The van der Waals surface area contributed by atoms with Crippen molar-refractivity contribution >= 4 is 23.2 Å². The molecule has 0 saturated heterocycles. The number of ether oxygens (including phenoxy) is 1. The van der Waals surface area contributed by atoms with E-state index in [1.807, 2.05) is 19.9 Å². The highest BCUT2D eigenvalue weighted by molar-refractivity contribution is 6.39. The van der Waals surface area contributed by atoms with Crippen LogP contribution in [0.4, 0.5) is 5.69 Å². The molecule has 26 heavy (non-hydrogen) atoms. The molecule has 0 saturated carbocycles. The Bertz CT molecular complexity index is 855. The molecule has 0 fully saturated rings. The third kappa shape index (κ3) is 4.83. The Morgan fingerprint density at radius 2 is 1.69 bits per heavy atom. The van der Waals surface area contributed by atoms with Crippen molar-refractivity contribution in [1.29, 1.82) is 0 Å². The van der Waals surface area contributed by atoms with Gasteiger partial charge in [-0.3, -0.25) is 9.59 Å². The van der Waals surface area contributed by atoms with Crippen LogP contribution < -0.4 is 15.5 Å². The maximum Gasteiger partial charge on any atom is 0.329 e. The van der Waals surface area contributed by atoms with Gasteiger partial charge in [-0.25, -0.2) is 5.43 Å². The van der Waals surface area contributed by atoms with E-state index in [1.54, 1.807) is 31.2 Å². The number of anilines is 1. The first kappa shape index (κ1) is 19.0. The number of aromatic hydroxyl groups is 1. The predicted octanol–water partition coefficient (Wildman–Crippen LogP) is 2.50. The van der Waals surface area contributed by atoms with Gasteiger partial charge in [0.05, 0.1) is 12.8 Å². The Balaban J connectivity index is 2.04. The summed E-state index contributed by atoms with van der Waals surface area (Å²) in [6.07, 6.45) is 0. The van der Waals surface area contributed by atoms with Crippen molar-refractivity contribution in [2.45, 2.75) is 20.8 Å². The zero-order chi connectivity index (χ0) is 19.3. The lowest BCUT2D eigenvalue weighted by molar-refractivity contribution is -0.136. The standard InChI is InChI=1S/C19H21N3O4/c1-11-7-12(2)9-15(8-11)20-18(24)19(25)22-21-13(3)14-5-6-16(23)17(10-14)26-4/h5-10,23H,1-4H3,(H,20,24)(H,22,25)/b21-13+. The number of rotatable bonds is 4. The van der Waals surface area contributed by atoms with Crippen LogP contribution in [0.2, 0.25) is 0 Å². The topological polar surface area (TPSA) is 100 Å². The molecule has 0 radical (unpaired) electrons. The maximum absolute atomic E-state index is 12.0. The summed E-state index contributed by atoms with van der Waals surface area (Å²) in [6.45, 7) is 5.47. The molecule has 0 heterocycles. The van der Waals surface area contributed by atoms with Gasteiger partial charge in [0, 0.05) is 11.3 Å². The molecule has 0 aliphatic carbocycles. The van der Waals surface area contributed by atoms with Crippen LogP contribution in [0.15, 0.2) is 41.5 Å². The minimum absolute atomic E-state index is 0.000844. The van der Waals surface area contributed by atoms with Crippen LogP contribution in [0.25, 0.3) is 0 Å². The van der Waals surface area contributed by atoms with E-state index in [1.165, 1.54) is 13.2 Å². The molecule has 0 aliphatic rings. The SMILES string of the molecule is COc1cc(/C(C)=N/NC(=O)C(=O)Nc2cc(C)cc(C)c2)ccc1O. The first-order valence-electron chi connectivity index (χ1n) is 7.91. The van der Waals surface area contributed by atoms with Crippen molar-refractivity contribution in [2.75, 3.05) is 12.4 Å². The first-order valence-corrected chi connectivity index (χ1v) is 7.91. The fourth-order valence-electron chi connectivity index (χ4n) is 2.39. The molecular formula is C19H21N3O4. The van der Waals surface area contributed by atoms with Crippen LogP contribution in [-0.2, 0) is 9.59 Å². The summed E-state index contributed by atoms with van der Waals surface area (Å²) in [4.78, 5) is 23.9. The van der Waals surface area contributed by atoms with Crippen molar-refractivity contribution in [3.63, 3.8) is 0 Å². The van der Waals surface area contributed by atoms with E-state index < -0.39 is 11.8 Å². The molecule has 0 atom stereocenters. The predicted molar refractivity (Wildman–Crippen MR) is 99.6 cm³/mol. The molecule has 0 unspecified atom stereocenters. The van der Waals surface area contributed by atoms with Gasteiger partial charge in [-0.2, -0.15) is 5.10 Å². The molecule has 0 spiro atoms. The summed E-state index contributed by atoms with van der Waals surface area (Å²) >= 11 is 0. The van der Waals surface area contributed by atoms with Crippen molar-refractivity contribution in [3.05, 3.63) is 53.1 Å². The quantitative estimate of drug-likeness (QED) is 0.446. The average Bonchev–Trinajstić information content (AvgIpc) is 2.58. The highest BCUT2D eigenvalue weighted by Crippen LogP contribution is 2.26. The Hall–Kier alpha value is -3.35. The number of hydrogen-bond donors (Lipinski definition) is 3. The highest BCUT2D eigenvalue weighted by Gasteiger charge is 2.14. The second kappa shape index (κ2) is 8.15. The van der Waals surface area contributed by atoms with Crippen molar-refractivity contribution in [1.82, 2.24) is 5.43 Å². The minimum Gasteiger partial charge on any atom is -0.504 e. The van der Waals surface area contributed by atoms with Crippen LogP contribution in [0.3, 0.4) is 0 Å². The number of hydrogen-bond acceptors (Lipinski definition) is 5. The summed E-state index contributed by atoms with van der Waals surface area (Å²) in [5, 5.41) is 16.1. The molecule has 2 amide bonds. The second-order valence-electron chi connectivity index (χ2n) is 5.86. The van der Waals surface area contributed by atoms with E-state index in [0.29, 0.717) is 17.0 Å². The van der Waals surface area contributed by atoms with E-state index in [9.17, 15) is 14.7 Å². The zero-order valence-electron chi connectivity index (χ0n) is 15.1. The molecule has 7 nitrogen and oxygen atoms in total. The summed E-state index contributed by atoms with van der Waals surface area (Å²) in [5.74, 6) is -1.40. The van der Waals surface area contributed by atoms with Gasteiger partial charge < -0.3 is 15.2 Å². The van der Waals surface area contributed by atoms with Gasteiger partial charge in [0.2, 0.25) is 0 Å². The van der Waals surface area contributed by atoms with Gasteiger partial charge in [-0.1, -0.05) is 6.07 Å². The van der Waals surface area contributed by atoms with E-state index in [2.05, 4.69) is 15.8 Å². The third-order valence-electron chi connectivity index (χ3n) is 3.61. The van der Waals surface area contributed by atoms with Crippen molar-refractivity contribution in [2.24, 2.45) is 5.10 Å². The Labute approximate surface area is 151 Å². The number of nitrogens with one attached hydrogen (secondary N) is 2. The number of phenolic OH excluding ortho intramolecular Hbond substituents is 1. The monoisotopic (exact) mass is 355 g/mol. The minimum atomic E-state index is -0.880. The number of phenols is 1. The summed E-state index contributed by atoms with van der Waals surface area (Å²) in [6, 6.07) is 10.2. The van der Waals surface area contributed by atoms with Crippen LogP contribution in [0, 0.1) is 13.8 Å². The lowest BCUT2D eigenvalue weighted by Crippen LogP contribution is -2.33. The smallest absolute Gasteiger partial charge is 0.329 e.